The molecule has 4 nitrogen and oxygen atoms in total. The summed E-state index contributed by atoms with van der Waals surface area (Å²) in [5, 5.41) is 0. The van der Waals surface area contributed by atoms with Gasteiger partial charge in [-0.05, 0) is 34.2 Å². The van der Waals surface area contributed by atoms with E-state index in [4.69, 9.17) is 5.73 Å². The fraction of sp³-hybridized carbons (Fsp3) is 0.909. The number of likely N-dealkylation sites (N-methyl/N-ethyl adjacent to an activating group) is 1. The van der Waals surface area contributed by atoms with Crippen molar-refractivity contribution in [1.82, 2.24) is 4.90 Å². The molecular formula is C11H24N2O2. The van der Waals surface area contributed by atoms with Crippen LogP contribution in [-0.4, -0.2) is 42.6 Å². The molecule has 1 atom stereocenters. The summed E-state index contributed by atoms with van der Waals surface area (Å²) in [6, 6.07) is 0. The van der Waals surface area contributed by atoms with Gasteiger partial charge in [-0.2, -0.15) is 0 Å². The molecule has 0 aliphatic heterocycles. The van der Waals surface area contributed by atoms with E-state index in [2.05, 4.69) is 30.4 Å². The molecule has 0 aromatic rings. The number of hydrogen-bond donors (Lipinski definition) is 1. The lowest BCUT2D eigenvalue weighted by Gasteiger charge is -2.38. The fourth-order valence-electron chi connectivity index (χ4n) is 1.27. The van der Waals surface area contributed by atoms with E-state index in [0.717, 1.165) is 6.42 Å². The highest BCUT2D eigenvalue weighted by atomic mass is 16.5. The largest absolute Gasteiger partial charge is 0.468 e. The molecule has 0 radical (unpaired) electrons. The molecule has 0 saturated carbocycles. The number of hydrogen-bond acceptors (Lipinski definition) is 4. The van der Waals surface area contributed by atoms with E-state index in [1.165, 1.54) is 7.11 Å². The summed E-state index contributed by atoms with van der Waals surface area (Å²) in [5.74, 6) is -0.374. The third-order valence-corrected chi connectivity index (χ3v) is 3.12. The van der Waals surface area contributed by atoms with Crippen molar-refractivity contribution in [3.05, 3.63) is 0 Å². The summed E-state index contributed by atoms with van der Waals surface area (Å²) in [4.78, 5) is 13.5. The van der Waals surface area contributed by atoms with Gasteiger partial charge in [0.25, 0.3) is 0 Å². The highest BCUT2D eigenvalue weighted by Gasteiger charge is 2.34. The molecule has 15 heavy (non-hydrogen) atoms. The molecule has 0 bridgehead atoms. The van der Waals surface area contributed by atoms with E-state index in [1.54, 1.807) is 6.92 Å². The van der Waals surface area contributed by atoms with Crippen molar-refractivity contribution in [2.24, 2.45) is 5.73 Å². The van der Waals surface area contributed by atoms with Crippen LogP contribution in [0.4, 0.5) is 0 Å². The number of nitrogens with two attached hydrogens (primary N) is 1. The predicted molar refractivity (Wildman–Crippen MR) is 61.6 cm³/mol. The Labute approximate surface area is 92.8 Å². The summed E-state index contributed by atoms with van der Waals surface area (Å²) >= 11 is 0. The van der Waals surface area contributed by atoms with Crippen molar-refractivity contribution in [3.8, 4) is 0 Å². The lowest BCUT2D eigenvalue weighted by atomic mass is 9.96. The van der Waals surface area contributed by atoms with Crippen molar-refractivity contribution in [2.75, 3.05) is 20.7 Å². The van der Waals surface area contributed by atoms with E-state index >= 15 is 0 Å². The summed E-state index contributed by atoms with van der Waals surface area (Å²) < 4.78 is 4.67. The monoisotopic (exact) mass is 216 g/mol. The first-order valence-corrected chi connectivity index (χ1v) is 5.26. The first-order valence-electron chi connectivity index (χ1n) is 5.26. The van der Waals surface area contributed by atoms with Crippen LogP contribution in [0.2, 0.25) is 0 Å². The van der Waals surface area contributed by atoms with Gasteiger partial charge in [0.15, 0.2) is 0 Å². The topological polar surface area (TPSA) is 55.6 Å². The Morgan fingerprint density at radius 1 is 1.40 bits per heavy atom. The first-order chi connectivity index (χ1) is 6.67. The Morgan fingerprint density at radius 2 is 1.87 bits per heavy atom. The lowest BCUT2D eigenvalue weighted by molar-refractivity contribution is -0.147. The number of carbonyl (C=O) groups excluding carboxylic acids is 1. The fourth-order valence-corrected chi connectivity index (χ4v) is 1.27. The molecule has 4 heteroatoms. The Kier molecular flexibility index (Phi) is 4.74. The van der Waals surface area contributed by atoms with Gasteiger partial charge < -0.3 is 10.5 Å². The van der Waals surface area contributed by atoms with Crippen LogP contribution in [0.1, 0.15) is 34.1 Å². The minimum Gasteiger partial charge on any atom is -0.468 e. The second-order valence-electron chi connectivity index (χ2n) is 4.93. The Bertz CT molecular complexity index is 225. The minimum absolute atomic E-state index is 0.0364. The van der Waals surface area contributed by atoms with E-state index in [9.17, 15) is 4.79 Å². The van der Waals surface area contributed by atoms with Gasteiger partial charge in [0.05, 0.1) is 7.11 Å². The van der Waals surface area contributed by atoms with Gasteiger partial charge in [-0.1, -0.05) is 6.92 Å². The molecule has 0 aliphatic carbocycles. The highest BCUT2D eigenvalue weighted by Crippen LogP contribution is 2.18. The standard InChI is InChI=1S/C11H24N2O2/c1-7-10(2,3)13(5)8-11(4,12)9(14)15-6/h7-8,12H2,1-6H3. The smallest absolute Gasteiger partial charge is 0.326 e. The molecular weight excluding hydrogens is 192 g/mol. The van der Waals surface area contributed by atoms with Crippen LogP contribution < -0.4 is 5.73 Å². The molecule has 0 amide bonds. The molecule has 0 aromatic carbocycles. The second-order valence-corrected chi connectivity index (χ2v) is 4.93. The van der Waals surface area contributed by atoms with E-state index in [-0.39, 0.29) is 11.5 Å². The Hall–Kier alpha value is -0.610. The maximum Gasteiger partial charge on any atom is 0.326 e. The first kappa shape index (κ1) is 14.4. The SMILES string of the molecule is CCC(C)(C)N(C)CC(C)(N)C(=O)OC. The summed E-state index contributed by atoms with van der Waals surface area (Å²) in [6.45, 7) is 8.55. The quantitative estimate of drug-likeness (QED) is 0.697. The summed E-state index contributed by atoms with van der Waals surface area (Å²) in [7, 11) is 3.33. The van der Waals surface area contributed by atoms with Crippen LogP contribution in [-0.2, 0) is 9.53 Å². The van der Waals surface area contributed by atoms with Crippen LogP contribution in [0, 0.1) is 0 Å². The minimum atomic E-state index is -0.948. The number of nitrogens with zero attached hydrogens (tertiary/aromatic N) is 1. The molecule has 2 N–H and O–H groups in total. The summed E-state index contributed by atoms with van der Waals surface area (Å²) in [6.07, 6.45) is 1.00. The molecule has 0 fully saturated rings. The maximum atomic E-state index is 11.4. The van der Waals surface area contributed by atoms with Gasteiger partial charge in [0, 0.05) is 12.1 Å². The van der Waals surface area contributed by atoms with Crippen LogP contribution in [0.15, 0.2) is 0 Å². The number of ether oxygens (including phenoxy) is 1. The summed E-state index contributed by atoms with van der Waals surface area (Å²) in [5.41, 5.74) is 4.99. The van der Waals surface area contributed by atoms with E-state index < -0.39 is 5.54 Å². The Morgan fingerprint density at radius 3 is 2.20 bits per heavy atom. The molecule has 0 saturated heterocycles. The molecule has 0 aliphatic rings. The third kappa shape index (κ3) is 3.80. The average molecular weight is 216 g/mol. The molecule has 0 spiro atoms. The number of methoxy groups -OCH3 is 1. The van der Waals surface area contributed by atoms with Crippen molar-refractivity contribution >= 4 is 5.97 Å². The van der Waals surface area contributed by atoms with Crippen molar-refractivity contribution in [2.45, 2.75) is 45.2 Å². The zero-order valence-electron chi connectivity index (χ0n) is 10.8. The zero-order chi connectivity index (χ0) is 12.3. The van der Waals surface area contributed by atoms with Crippen LogP contribution in [0.5, 0.6) is 0 Å². The van der Waals surface area contributed by atoms with Crippen molar-refractivity contribution < 1.29 is 9.53 Å². The number of carbonyl (C=O) groups is 1. The molecule has 1 unspecified atom stereocenters. The predicted octanol–water partition coefficient (Wildman–Crippen LogP) is 0.997. The van der Waals surface area contributed by atoms with Gasteiger partial charge >= 0.3 is 5.97 Å². The second kappa shape index (κ2) is 4.94. The maximum absolute atomic E-state index is 11.4. The van der Waals surface area contributed by atoms with Gasteiger partial charge in [-0.3, -0.25) is 9.69 Å². The van der Waals surface area contributed by atoms with Gasteiger partial charge in [0.1, 0.15) is 5.54 Å². The van der Waals surface area contributed by atoms with E-state index in [0.29, 0.717) is 6.54 Å². The zero-order valence-corrected chi connectivity index (χ0v) is 10.8. The van der Waals surface area contributed by atoms with Crippen molar-refractivity contribution in [1.29, 1.82) is 0 Å². The van der Waals surface area contributed by atoms with Gasteiger partial charge in [0.2, 0.25) is 0 Å². The molecule has 0 rings (SSSR count). The van der Waals surface area contributed by atoms with E-state index in [1.807, 2.05) is 7.05 Å². The molecule has 90 valence electrons. The van der Waals surface area contributed by atoms with Gasteiger partial charge in [-0.25, -0.2) is 0 Å². The van der Waals surface area contributed by atoms with Crippen LogP contribution >= 0.6 is 0 Å². The van der Waals surface area contributed by atoms with Crippen LogP contribution in [0.3, 0.4) is 0 Å². The molecule has 0 heterocycles. The van der Waals surface area contributed by atoms with Gasteiger partial charge in [-0.15, -0.1) is 0 Å². The molecule has 0 aromatic heterocycles. The number of esters is 1. The Balaban J connectivity index is 4.53. The highest BCUT2D eigenvalue weighted by molar-refractivity contribution is 5.80. The van der Waals surface area contributed by atoms with Crippen LogP contribution in [0.25, 0.3) is 0 Å². The third-order valence-electron chi connectivity index (χ3n) is 3.12. The lowest BCUT2D eigenvalue weighted by Crippen LogP contribution is -2.57. The normalized spacial score (nSPS) is 16.3. The van der Waals surface area contributed by atoms with Crippen molar-refractivity contribution in [3.63, 3.8) is 0 Å². The average Bonchev–Trinajstić information content (AvgIpc) is 2.15. The number of rotatable bonds is 5.